The van der Waals surface area contributed by atoms with Crippen LogP contribution < -0.4 is 4.90 Å². The monoisotopic (exact) mass is 383 g/mol. The zero-order valence-corrected chi connectivity index (χ0v) is 16.2. The molecule has 2 saturated heterocycles. The predicted molar refractivity (Wildman–Crippen MR) is 106 cm³/mol. The van der Waals surface area contributed by atoms with Gasteiger partial charge in [-0.1, -0.05) is 0 Å². The molecule has 0 aliphatic carbocycles. The van der Waals surface area contributed by atoms with Gasteiger partial charge in [-0.2, -0.15) is 0 Å². The van der Waals surface area contributed by atoms with Crippen molar-refractivity contribution in [3.63, 3.8) is 0 Å². The SMILES string of the molecule is Cc1cnccc1CN1CCCC2(CC1)CN(c1ccc(F)cc1)C(=O)CO2. The number of carbonyl (C=O) groups is 1. The van der Waals surface area contributed by atoms with Crippen molar-refractivity contribution in [3.8, 4) is 0 Å². The smallest absolute Gasteiger partial charge is 0.253 e. The van der Waals surface area contributed by atoms with Crippen LogP contribution in [0.25, 0.3) is 0 Å². The molecule has 1 spiro atoms. The number of morpholine rings is 1. The van der Waals surface area contributed by atoms with Gasteiger partial charge in [0.05, 0.1) is 12.1 Å². The average molecular weight is 383 g/mol. The summed E-state index contributed by atoms with van der Waals surface area (Å²) in [4.78, 5) is 20.8. The molecule has 1 aromatic heterocycles. The molecule has 1 unspecified atom stereocenters. The van der Waals surface area contributed by atoms with Crippen molar-refractivity contribution < 1.29 is 13.9 Å². The van der Waals surface area contributed by atoms with Crippen LogP contribution in [0.4, 0.5) is 10.1 Å². The normalized spacial score (nSPS) is 23.8. The number of hydrogen-bond donors (Lipinski definition) is 0. The van der Waals surface area contributed by atoms with E-state index in [0.29, 0.717) is 6.54 Å². The summed E-state index contributed by atoms with van der Waals surface area (Å²) in [7, 11) is 0. The number of pyridine rings is 1. The van der Waals surface area contributed by atoms with E-state index in [2.05, 4.69) is 22.9 Å². The van der Waals surface area contributed by atoms with E-state index >= 15 is 0 Å². The Morgan fingerprint density at radius 1 is 1.18 bits per heavy atom. The molecular weight excluding hydrogens is 357 g/mol. The van der Waals surface area contributed by atoms with Gasteiger partial charge in [-0.25, -0.2) is 4.39 Å². The van der Waals surface area contributed by atoms with Crippen molar-refractivity contribution >= 4 is 11.6 Å². The molecule has 4 rings (SSSR count). The fraction of sp³-hybridized carbons (Fsp3) is 0.455. The van der Waals surface area contributed by atoms with Gasteiger partial charge in [0, 0.05) is 31.2 Å². The molecule has 5 nitrogen and oxygen atoms in total. The van der Waals surface area contributed by atoms with Gasteiger partial charge < -0.3 is 9.64 Å². The molecule has 3 heterocycles. The highest BCUT2D eigenvalue weighted by atomic mass is 19.1. The number of carbonyl (C=O) groups excluding carboxylic acids is 1. The molecule has 0 saturated carbocycles. The Morgan fingerprint density at radius 3 is 2.79 bits per heavy atom. The summed E-state index contributed by atoms with van der Waals surface area (Å²) in [6.07, 6.45) is 6.57. The lowest BCUT2D eigenvalue weighted by Crippen LogP contribution is -2.55. The maximum Gasteiger partial charge on any atom is 0.253 e. The number of aromatic nitrogens is 1. The number of rotatable bonds is 3. The highest BCUT2D eigenvalue weighted by Crippen LogP contribution is 2.33. The number of halogens is 1. The summed E-state index contributed by atoms with van der Waals surface area (Å²) in [5.74, 6) is -0.360. The van der Waals surface area contributed by atoms with Crippen molar-refractivity contribution in [2.24, 2.45) is 0 Å². The Morgan fingerprint density at radius 2 is 2.00 bits per heavy atom. The van der Waals surface area contributed by atoms with Gasteiger partial charge >= 0.3 is 0 Å². The molecule has 6 heteroatoms. The molecule has 1 amide bonds. The van der Waals surface area contributed by atoms with E-state index in [1.54, 1.807) is 17.0 Å². The number of amides is 1. The highest BCUT2D eigenvalue weighted by Gasteiger charge is 2.41. The number of likely N-dealkylation sites (tertiary alicyclic amines) is 1. The number of nitrogens with zero attached hydrogens (tertiary/aromatic N) is 3. The first-order chi connectivity index (χ1) is 13.5. The molecule has 28 heavy (non-hydrogen) atoms. The topological polar surface area (TPSA) is 45.7 Å². The van der Waals surface area contributed by atoms with Gasteiger partial charge in [0.25, 0.3) is 5.91 Å². The third-order valence-electron chi connectivity index (χ3n) is 5.91. The third kappa shape index (κ3) is 4.08. The number of aryl methyl sites for hydroxylation is 1. The van der Waals surface area contributed by atoms with Crippen molar-refractivity contribution in [2.45, 2.75) is 38.3 Å². The summed E-state index contributed by atoms with van der Waals surface area (Å²) in [6.45, 7) is 5.55. The zero-order valence-electron chi connectivity index (χ0n) is 16.2. The van der Waals surface area contributed by atoms with Crippen molar-refractivity contribution in [3.05, 3.63) is 59.7 Å². The van der Waals surface area contributed by atoms with Gasteiger partial charge in [-0.05, 0) is 74.2 Å². The number of benzene rings is 1. The van der Waals surface area contributed by atoms with Crippen LogP contribution in [0, 0.1) is 12.7 Å². The van der Waals surface area contributed by atoms with Crippen LogP contribution in [-0.2, 0) is 16.1 Å². The number of ether oxygens (including phenoxy) is 1. The van der Waals surface area contributed by atoms with Gasteiger partial charge in [0.15, 0.2) is 0 Å². The lowest BCUT2D eigenvalue weighted by atomic mass is 9.92. The van der Waals surface area contributed by atoms with Crippen LogP contribution in [0.1, 0.15) is 30.4 Å². The molecule has 0 radical (unpaired) electrons. The van der Waals surface area contributed by atoms with Crippen LogP contribution in [-0.4, -0.2) is 47.6 Å². The quantitative estimate of drug-likeness (QED) is 0.816. The van der Waals surface area contributed by atoms with E-state index in [1.807, 2.05) is 12.4 Å². The van der Waals surface area contributed by atoms with Crippen molar-refractivity contribution in [2.75, 3.05) is 31.1 Å². The van der Waals surface area contributed by atoms with Crippen molar-refractivity contribution in [1.29, 1.82) is 0 Å². The van der Waals surface area contributed by atoms with Crippen LogP contribution in [0.15, 0.2) is 42.7 Å². The van der Waals surface area contributed by atoms with Crippen molar-refractivity contribution in [1.82, 2.24) is 9.88 Å². The third-order valence-corrected chi connectivity index (χ3v) is 5.91. The van der Waals surface area contributed by atoms with Crippen LogP contribution in [0.5, 0.6) is 0 Å². The molecule has 2 aliphatic rings. The largest absolute Gasteiger partial charge is 0.363 e. The summed E-state index contributed by atoms with van der Waals surface area (Å²) >= 11 is 0. The lowest BCUT2D eigenvalue weighted by molar-refractivity contribution is -0.140. The van der Waals surface area contributed by atoms with Gasteiger partial charge in [-0.3, -0.25) is 14.7 Å². The molecule has 1 atom stereocenters. The molecular formula is C22H26FN3O2. The van der Waals surface area contributed by atoms with E-state index in [9.17, 15) is 9.18 Å². The molecule has 2 aromatic rings. The minimum atomic E-state index is -0.329. The average Bonchev–Trinajstić information content (AvgIpc) is 2.89. The second kappa shape index (κ2) is 7.97. The predicted octanol–water partition coefficient (Wildman–Crippen LogP) is 3.32. The number of anilines is 1. The van der Waals surface area contributed by atoms with E-state index in [-0.39, 0.29) is 23.9 Å². The molecule has 1 aromatic carbocycles. The lowest BCUT2D eigenvalue weighted by Gasteiger charge is -2.42. The van der Waals surface area contributed by atoms with Gasteiger partial charge in [0.2, 0.25) is 0 Å². The molecule has 0 bridgehead atoms. The highest BCUT2D eigenvalue weighted by molar-refractivity contribution is 5.95. The van der Waals surface area contributed by atoms with Gasteiger partial charge in [0.1, 0.15) is 12.4 Å². The fourth-order valence-electron chi connectivity index (χ4n) is 4.18. The number of hydrogen-bond acceptors (Lipinski definition) is 4. The minimum Gasteiger partial charge on any atom is -0.363 e. The Hall–Kier alpha value is -2.31. The maximum atomic E-state index is 13.3. The molecule has 2 aliphatic heterocycles. The van der Waals surface area contributed by atoms with E-state index in [1.165, 1.54) is 23.3 Å². The second-order valence-electron chi connectivity index (χ2n) is 7.86. The Kier molecular flexibility index (Phi) is 5.42. The zero-order chi connectivity index (χ0) is 19.6. The van der Waals surface area contributed by atoms with Crippen LogP contribution in [0.2, 0.25) is 0 Å². The first-order valence-electron chi connectivity index (χ1n) is 9.86. The van der Waals surface area contributed by atoms with Gasteiger partial charge in [-0.15, -0.1) is 0 Å². The van der Waals surface area contributed by atoms with E-state index in [4.69, 9.17) is 4.74 Å². The Labute approximate surface area is 165 Å². The summed E-state index contributed by atoms with van der Waals surface area (Å²) in [5.41, 5.74) is 2.93. The van der Waals surface area contributed by atoms with E-state index in [0.717, 1.165) is 44.6 Å². The maximum absolute atomic E-state index is 13.3. The summed E-state index contributed by atoms with van der Waals surface area (Å²) in [6, 6.07) is 8.22. The molecule has 148 valence electrons. The summed E-state index contributed by atoms with van der Waals surface area (Å²) in [5, 5.41) is 0. The minimum absolute atomic E-state index is 0.0641. The molecule has 2 fully saturated rings. The van der Waals surface area contributed by atoms with Crippen LogP contribution >= 0.6 is 0 Å². The Balaban J connectivity index is 1.45. The second-order valence-corrected chi connectivity index (χ2v) is 7.86. The molecule has 0 N–H and O–H groups in total. The van der Waals surface area contributed by atoms with Crippen LogP contribution in [0.3, 0.4) is 0 Å². The standard InChI is InChI=1S/C22H26FN3O2/c1-17-13-24-10-7-18(17)14-25-11-2-8-22(9-12-25)16-26(21(27)15-28-22)20-5-3-19(23)4-6-20/h3-7,10,13H,2,8-9,11-12,14-16H2,1H3. The fourth-order valence-corrected chi connectivity index (χ4v) is 4.18. The first kappa shape index (κ1) is 19.0. The Bertz CT molecular complexity index is 842. The first-order valence-corrected chi connectivity index (χ1v) is 9.86. The van der Waals surface area contributed by atoms with E-state index < -0.39 is 0 Å². The summed E-state index contributed by atoms with van der Waals surface area (Å²) < 4.78 is 19.4.